The average Bonchev–Trinajstić information content (AvgIpc) is 2.82. The molecule has 0 fully saturated rings. The number of nitrogens with zero attached hydrogens (tertiary/aromatic N) is 2. The Balaban J connectivity index is 1.96. The molecule has 1 aromatic carbocycles. The molecule has 0 aliphatic carbocycles. The molecule has 0 saturated heterocycles. The van der Waals surface area contributed by atoms with Crippen LogP contribution >= 0.6 is 0 Å². The van der Waals surface area contributed by atoms with Crippen LogP contribution < -0.4 is 4.74 Å². The van der Waals surface area contributed by atoms with Gasteiger partial charge in [0, 0.05) is 20.2 Å². The van der Waals surface area contributed by atoms with E-state index in [1.54, 1.807) is 26.2 Å². The van der Waals surface area contributed by atoms with Gasteiger partial charge in [-0.1, -0.05) is 17.3 Å². The molecule has 5 nitrogen and oxygen atoms in total. The van der Waals surface area contributed by atoms with Gasteiger partial charge in [0.2, 0.25) is 5.91 Å². The fourth-order valence-corrected chi connectivity index (χ4v) is 1.86. The van der Waals surface area contributed by atoms with Crippen molar-refractivity contribution < 1.29 is 14.1 Å². The van der Waals surface area contributed by atoms with E-state index in [0.717, 1.165) is 28.3 Å². The number of amides is 1. The molecule has 0 N–H and O–H groups in total. The van der Waals surface area contributed by atoms with Crippen LogP contribution in [0.25, 0.3) is 6.08 Å². The predicted octanol–water partition coefficient (Wildman–Crippen LogP) is 2.97. The van der Waals surface area contributed by atoms with Crippen LogP contribution in [0, 0.1) is 13.8 Å². The Morgan fingerprint density at radius 3 is 2.50 bits per heavy atom. The lowest BCUT2D eigenvalue weighted by molar-refractivity contribution is -0.123. The third kappa shape index (κ3) is 3.97. The molecule has 0 aliphatic heterocycles. The third-order valence-electron chi connectivity index (χ3n) is 3.30. The molecule has 0 saturated carbocycles. The van der Waals surface area contributed by atoms with E-state index in [1.165, 1.54) is 4.90 Å². The first-order chi connectivity index (χ1) is 10.5. The second kappa shape index (κ2) is 6.93. The van der Waals surface area contributed by atoms with Gasteiger partial charge in [-0.05, 0) is 37.6 Å². The first kappa shape index (κ1) is 15.8. The van der Waals surface area contributed by atoms with Gasteiger partial charge in [-0.2, -0.15) is 0 Å². The maximum Gasteiger partial charge on any atom is 0.246 e. The van der Waals surface area contributed by atoms with Gasteiger partial charge in [-0.25, -0.2) is 0 Å². The minimum absolute atomic E-state index is 0.0428. The van der Waals surface area contributed by atoms with E-state index in [1.807, 2.05) is 38.1 Å². The molecule has 22 heavy (non-hydrogen) atoms. The maximum atomic E-state index is 11.5. The topological polar surface area (TPSA) is 55.6 Å². The summed E-state index contributed by atoms with van der Waals surface area (Å²) in [7, 11) is 3.44. The summed E-state index contributed by atoms with van der Waals surface area (Å²) in [5.74, 6) is 1.49. The Labute approximate surface area is 130 Å². The molecule has 0 atom stereocenters. The van der Waals surface area contributed by atoms with Crippen molar-refractivity contribution in [2.24, 2.45) is 0 Å². The van der Waals surface area contributed by atoms with Gasteiger partial charge in [0.05, 0.1) is 11.3 Å². The number of carbonyl (C=O) groups excluding carboxylic acids is 1. The highest BCUT2D eigenvalue weighted by molar-refractivity contribution is 5.91. The SMILES string of the molecule is Cc1noc(C)c1COc1ccc(/C=C/C(=O)N(C)C)cc1. The molecule has 5 heteroatoms. The molecule has 2 rings (SSSR count). The Hall–Kier alpha value is -2.56. The number of hydrogen-bond acceptors (Lipinski definition) is 4. The summed E-state index contributed by atoms with van der Waals surface area (Å²) < 4.78 is 10.8. The Bertz CT molecular complexity index is 650. The molecule has 2 aromatic rings. The van der Waals surface area contributed by atoms with Gasteiger partial charge in [-0.3, -0.25) is 4.79 Å². The van der Waals surface area contributed by atoms with Crippen molar-refractivity contribution in [1.29, 1.82) is 0 Å². The molecule has 116 valence electrons. The van der Waals surface area contributed by atoms with Gasteiger partial charge >= 0.3 is 0 Å². The zero-order chi connectivity index (χ0) is 16.1. The van der Waals surface area contributed by atoms with Crippen LogP contribution in [0.3, 0.4) is 0 Å². The Morgan fingerprint density at radius 1 is 1.27 bits per heavy atom. The van der Waals surface area contributed by atoms with Crippen LogP contribution in [-0.4, -0.2) is 30.1 Å². The van der Waals surface area contributed by atoms with Crippen LogP contribution in [0.4, 0.5) is 0 Å². The molecule has 0 bridgehead atoms. The quantitative estimate of drug-likeness (QED) is 0.797. The molecule has 1 heterocycles. The fraction of sp³-hybridized carbons (Fsp3) is 0.294. The summed E-state index contributed by atoms with van der Waals surface area (Å²) in [6.07, 6.45) is 3.32. The average molecular weight is 300 g/mol. The van der Waals surface area contributed by atoms with Gasteiger partial charge in [0.1, 0.15) is 18.1 Å². The number of aromatic nitrogens is 1. The number of aryl methyl sites for hydroxylation is 2. The number of carbonyl (C=O) groups is 1. The molecule has 1 aromatic heterocycles. The van der Waals surface area contributed by atoms with Crippen molar-refractivity contribution in [3.05, 3.63) is 52.9 Å². The summed E-state index contributed by atoms with van der Waals surface area (Å²) in [4.78, 5) is 13.0. The first-order valence-corrected chi connectivity index (χ1v) is 7.01. The lowest BCUT2D eigenvalue weighted by atomic mass is 10.2. The van der Waals surface area contributed by atoms with E-state index in [-0.39, 0.29) is 5.91 Å². The van der Waals surface area contributed by atoms with Crippen molar-refractivity contribution in [1.82, 2.24) is 10.1 Å². The van der Waals surface area contributed by atoms with Crippen molar-refractivity contribution in [3.63, 3.8) is 0 Å². The lowest BCUT2D eigenvalue weighted by Gasteiger charge is -2.07. The minimum atomic E-state index is -0.0428. The zero-order valence-corrected chi connectivity index (χ0v) is 13.3. The highest BCUT2D eigenvalue weighted by atomic mass is 16.5. The van der Waals surface area contributed by atoms with Crippen LogP contribution in [0.1, 0.15) is 22.6 Å². The second-order valence-corrected chi connectivity index (χ2v) is 5.23. The van der Waals surface area contributed by atoms with E-state index in [4.69, 9.17) is 9.26 Å². The fourth-order valence-electron chi connectivity index (χ4n) is 1.86. The van der Waals surface area contributed by atoms with Crippen molar-refractivity contribution >= 4 is 12.0 Å². The van der Waals surface area contributed by atoms with Crippen molar-refractivity contribution in [3.8, 4) is 5.75 Å². The van der Waals surface area contributed by atoms with Crippen molar-refractivity contribution in [2.45, 2.75) is 20.5 Å². The van der Waals surface area contributed by atoms with Crippen LogP contribution in [0.15, 0.2) is 34.9 Å². The third-order valence-corrected chi connectivity index (χ3v) is 3.30. The molecule has 0 aliphatic rings. The standard InChI is InChI=1S/C17H20N2O3/c1-12-16(13(2)22-18-12)11-21-15-8-5-14(6-9-15)7-10-17(20)19(3)4/h5-10H,11H2,1-4H3/b10-7+. The number of likely N-dealkylation sites (N-methyl/N-ethyl adjacent to an activating group) is 1. The van der Waals surface area contributed by atoms with E-state index in [2.05, 4.69) is 5.16 Å². The number of ether oxygens (including phenoxy) is 1. The highest BCUT2D eigenvalue weighted by Gasteiger charge is 2.09. The Kier molecular flexibility index (Phi) is 4.99. The minimum Gasteiger partial charge on any atom is -0.489 e. The summed E-state index contributed by atoms with van der Waals surface area (Å²) in [5.41, 5.74) is 2.76. The molecule has 1 amide bonds. The maximum absolute atomic E-state index is 11.5. The summed E-state index contributed by atoms with van der Waals surface area (Å²) in [6, 6.07) is 7.56. The van der Waals surface area contributed by atoms with Crippen molar-refractivity contribution in [2.75, 3.05) is 14.1 Å². The van der Waals surface area contributed by atoms with E-state index in [9.17, 15) is 4.79 Å². The number of benzene rings is 1. The summed E-state index contributed by atoms with van der Waals surface area (Å²) >= 11 is 0. The first-order valence-electron chi connectivity index (χ1n) is 7.01. The molecular formula is C17H20N2O3. The molecular weight excluding hydrogens is 280 g/mol. The predicted molar refractivity (Wildman–Crippen MR) is 84.5 cm³/mol. The smallest absolute Gasteiger partial charge is 0.246 e. The summed E-state index contributed by atoms with van der Waals surface area (Å²) in [5, 5.41) is 3.90. The number of hydrogen-bond donors (Lipinski definition) is 0. The molecule has 0 unspecified atom stereocenters. The zero-order valence-electron chi connectivity index (χ0n) is 13.3. The lowest BCUT2D eigenvalue weighted by Crippen LogP contribution is -2.18. The highest BCUT2D eigenvalue weighted by Crippen LogP contribution is 2.18. The van der Waals surface area contributed by atoms with E-state index < -0.39 is 0 Å². The van der Waals surface area contributed by atoms with E-state index in [0.29, 0.717) is 6.61 Å². The second-order valence-electron chi connectivity index (χ2n) is 5.23. The van der Waals surface area contributed by atoms with Crippen LogP contribution in [0.2, 0.25) is 0 Å². The largest absolute Gasteiger partial charge is 0.489 e. The van der Waals surface area contributed by atoms with Gasteiger partial charge in [-0.15, -0.1) is 0 Å². The Morgan fingerprint density at radius 2 is 1.95 bits per heavy atom. The number of rotatable bonds is 5. The summed E-state index contributed by atoms with van der Waals surface area (Å²) in [6.45, 7) is 4.19. The van der Waals surface area contributed by atoms with Crippen LogP contribution in [-0.2, 0) is 11.4 Å². The monoisotopic (exact) mass is 300 g/mol. The normalized spacial score (nSPS) is 10.9. The van der Waals surface area contributed by atoms with Crippen LogP contribution in [0.5, 0.6) is 5.75 Å². The van der Waals surface area contributed by atoms with Gasteiger partial charge in [0.25, 0.3) is 0 Å². The van der Waals surface area contributed by atoms with Gasteiger partial charge < -0.3 is 14.2 Å². The van der Waals surface area contributed by atoms with Gasteiger partial charge in [0.15, 0.2) is 0 Å². The van der Waals surface area contributed by atoms with E-state index >= 15 is 0 Å². The molecule has 0 spiro atoms. The molecule has 0 radical (unpaired) electrons.